The van der Waals surface area contributed by atoms with Gasteiger partial charge in [0.25, 0.3) is 5.56 Å². The summed E-state index contributed by atoms with van der Waals surface area (Å²) in [5.41, 5.74) is 1.30. The lowest BCUT2D eigenvalue weighted by atomic mass is 9.94. The summed E-state index contributed by atoms with van der Waals surface area (Å²) < 4.78 is 6.06. The quantitative estimate of drug-likeness (QED) is 0.788. The van der Waals surface area contributed by atoms with Crippen molar-refractivity contribution in [3.8, 4) is 0 Å². The maximum Gasteiger partial charge on any atom is 0.260 e. The topological polar surface area (TPSA) is 58.2 Å². The van der Waals surface area contributed by atoms with Crippen molar-refractivity contribution in [2.75, 3.05) is 24.6 Å². The van der Waals surface area contributed by atoms with Crippen LogP contribution in [0.2, 0.25) is 0 Å². The third-order valence-electron chi connectivity index (χ3n) is 4.56. The molecule has 1 aliphatic heterocycles. The van der Waals surface area contributed by atoms with Gasteiger partial charge in [0.1, 0.15) is 5.60 Å². The molecule has 1 unspecified atom stereocenters. The zero-order valence-electron chi connectivity index (χ0n) is 13.5. The van der Waals surface area contributed by atoms with Crippen molar-refractivity contribution in [1.29, 1.82) is 0 Å². The van der Waals surface area contributed by atoms with Crippen LogP contribution in [0.4, 0.5) is 5.95 Å². The normalized spacial score (nSPS) is 21.1. The Labute approximate surface area is 139 Å². The highest BCUT2D eigenvalue weighted by Crippen LogP contribution is 2.30. The van der Waals surface area contributed by atoms with E-state index in [0.717, 1.165) is 5.56 Å². The number of nitrogens with one attached hydrogen (secondary N) is 1. The van der Waals surface area contributed by atoms with Crippen molar-refractivity contribution >= 4 is 16.9 Å². The van der Waals surface area contributed by atoms with Crippen LogP contribution < -0.4 is 10.5 Å². The Bertz CT molecular complexity index is 923. The van der Waals surface area contributed by atoms with Crippen molar-refractivity contribution in [2.45, 2.75) is 12.5 Å². The minimum Gasteiger partial charge on any atom is -0.367 e. The van der Waals surface area contributed by atoms with E-state index in [1.807, 2.05) is 36.4 Å². The summed E-state index contributed by atoms with van der Waals surface area (Å²) in [5, 5.41) is 0.611. The van der Waals surface area contributed by atoms with Crippen LogP contribution >= 0.6 is 0 Å². The van der Waals surface area contributed by atoms with Gasteiger partial charge in [0, 0.05) is 6.54 Å². The van der Waals surface area contributed by atoms with Crippen LogP contribution in [0.15, 0.2) is 59.4 Å². The van der Waals surface area contributed by atoms with E-state index in [2.05, 4.69) is 33.9 Å². The van der Waals surface area contributed by atoms with Crippen molar-refractivity contribution in [3.63, 3.8) is 0 Å². The lowest BCUT2D eigenvalue weighted by molar-refractivity contribution is -0.0470. The molecule has 1 fully saturated rings. The van der Waals surface area contributed by atoms with Gasteiger partial charge in [-0.3, -0.25) is 9.78 Å². The largest absolute Gasteiger partial charge is 0.367 e. The van der Waals surface area contributed by atoms with Crippen molar-refractivity contribution in [1.82, 2.24) is 9.97 Å². The number of benzene rings is 2. The number of morpholine rings is 1. The second-order valence-corrected chi connectivity index (χ2v) is 6.27. The van der Waals surface area contributed by atoms with Gasteiger partial charge in [-0.2, -0.15) is 0 Å². The molecule has 0 saturated carbocycles. The first-order valence-corrected chi connectivity index (χ1v) is 8.09. The lowest BCUT2D eigenvalue weighted by Crippen LogP contribution is -2.49. The zero-order chi connectivity index (χ0) is 16.6. The first-order chi connectivity index (χ1) is 11.7. The van der Waals surface area contributed by atoms with E-state index >= 15 is 0 Å². The summed E-state index contributed by atoms with van der Waals surface area (Å²) in [7, 11) is 0. The summed E-state index contributed by atoms with van der Waals surface area (Å²) >= 11 is 0. The van der Waals surface area contributed by atoms with Gasteiger partial charge in [0.2, 0.25) is 5.95 Å². The Morgan fingerprint density at radius 2 is 1.88 bits per heavy atom. The molecule has 0 radical (unpaired) electrons. The highest BCUT2D eigenvalue weighted by Gasteiger charge is 2.34. The molecule has 24 heavy (non-hydrogen) atoms. The molecule has 2 heterocycles. The van der Waals surface area contributed by atoms with Crippen LogP contribution in [0.3, 0.4) is 0 Å². The van der Waals surface area contributed by atoms with E-state index in [9.17, 15) is 4.79 Å². The molecule has 0 bridgehead atoms. The summed E-state index contributed by atoms with van der Waals surface area (Å²) in [6, 6.07) is 17.6. The predicted octanol–water partition coefficient (Wildman–Crippen LogP) is 2.68. The van der Waals surface area contributed by atoms with E-state index in [1.54, 1.807) is 6.07 Å². The number of hydrogen-bond acceptors (Lipinski definition) is 4. The summed E-state index contributed by atoms with van der Waals surface area (Å²) in [5.74, 6) is 0.601. The van der Waals surface area contributed by atoms with Gasteiger partial charge >= 0.3 is 0 Å². The molecule has 0 aliphatic carbocycles. The fourth-order valence-electron chi connectivity index (χ4n) is 3.24. The van der Waals surface area contributed by atoms with E-state index in [4.69, 9.17) is 4.74 Å². The van der Waals surface area contributed by atoms with Gasteiger partial charge in [-0.25, -0.2) is 4.98 Å². The Morgan fingerprint density at radius 3 is 2.71 bits per heavy atom. The second-order valence-electron chi connectivity index (χ2n) is 6.27. The molecule has 1 aliphatic rings. The van der Waals surface area contributed by atoms with Crippen LogP contribution in [-0.2, 0) is 10.3 Å². The number of para-hydroxylation sites is 1. The molecular weight excluding hydrogens is 302 g/mol. The van der Waals surface area contributed by atoms with Crippen LogP contribution in [0, 0.1) is 0 Å². The zero-order valence-corrected chi connectivity index (χ0v) is 13.5. The number of anilines is 1. The van der Waals surface area contributed by atoms with Gasteiger partial charge in [-0.05, 0) is 24.6 Å². The fraction of sp³-hybridized carbons (Fsp3) is 0.263. The molecule has 2 aromatic carbocycles. The predicted molar refractivity (Wildman–Crippen MR) is 94.3 cm³/mol. The summed E-state index contributed by atoms with van der Waals surface area (Å²) in [4.78, 5) is 22.0. The number of rotatable bonds is 2. The summed E-state index contributed by atoms with van der Waals surface area (Å²) in [6.07, 6.45) is 0. The molecule has 1 N–H and O–H groups in total. The minimum absolute atomic E-state index is 0.108. The lowest BCUT2D eigenvalue weighted by Gasteiger charge is -2.41. The molecule has 122 valence electrons. The maximum atomic E-state index is 12.3. The number of ether oxygens (including phenoxy) is 1. The number of aromatic amines is 1. The molecular formula is C19H19N3O2. The van der Waals surface area contributed by atoms with E-state index in [1.165, 1.54) is 0 Å². The molecule has 0 amide bonds. The number of fused-ring (bicyclic) bond motifs is 1. The number of hydrogen-bond donors (Lipinski definition) is 1. The van der Waals surface area contributed by atoms with Crippen LogP contribution in [0.25, 0.3) is 10.9 Å². The Kier molecular flexibility index (Phi) is 3.58. The van der Waals surface area contributed by atoms with Gasteiger partial charge < -0.3 is 9.64 Å². The van der Waals surface area contributed by atoms with Gasteiger partial charge in [0.05, 0.1) is 24.1 Å². The van der Waals surface area contributed by atoms with Gasteiger partial charge in [-0.1, -0.05) is 42.5 Å². The average molecular weight is 321 g/mol. The molecule has 3 aromatic rings. The Balaban J connectivity index is 1.71. The molecule has 5 nitrogen and oxygen atoms in total. The van der Waals surface area contributed by atoms with E-state index in [0.29, 0.717) is 36.5 Å². The number of nitrogens with zero attached hydrogens (tertiary/aromatic N) is 2. The number of H-pyrrole nitrogens is 1. The third-order valence-corrected chi connectivity index (χ3v) is 4.56. The fourth-order valence-corrected chi connectivity index (χ4v) is 3.24. The third kappa shape index (κ3) is 2.57. The highest BCUT2D eigenvalue weighted by molar-refractivity contribution is 5.78. The molecule has 4 rings (SSSR count). The smallest absolute Gasteiger partial charge is 0.260 e. The van der Waals surface area contributed by atoms with Crippen molar-refractivity contribution in [2.24, 2.45) is 0 Å². The van der Waals surface area contributed by atoms with Crippen molar-refractivity contribution in [3.05, 3.63) is 70.5 Å². The molecule has 0 spiro atoms. The van der Waals surface area contributed by atoms with Crippen LogP contribution in [-0.4, -0.2) is 29.7 Å². The molecule has 1 atom stereocenters. The first kappa shape index (κ1) is 14.9. The maximum absolute atomic E-state index is 12.3. The number of aromatic nitrogens is 2. The molecule has 1 aromatic heterocycles. The van der Waals surface area contributed by atoms with E-state index in [-0.39, 0.29) is 5.56 Å². The average Bonchev–Trinajstić information content (AvgIpc) is 2.62. The first-order valence-electron chi connectivity index (χ1n) is 8.09. The van der Waals surface area contributed by atoms with Gasteiger partial charge in [-0.15, -0.1) is 0 Å². The monoisotopic (exact) mass is 321 g/mol. The minimum atomic E-state index is -0.427. The van der Waals surface area contributed by atoms with Crippen LogP contribution in [0.1, 0.15) is 12.5 Å². The Morgan fingerprint density at radius 1 is 1.12 bits per heavy atom. The summed E-state index contributed by atoms with van der Waals surface area (Å²) in [6.45, 7) is 4.00. The SMILES string of the molecule is CC1(c2ccccc2)CN(c2nc3ccccc3c(=O)[nH]2)CCO1. The standard InChI is InChI=1S/C19H19N3O2/c1-19(14-7-3-2-4-8-14)13-22(11-12-24-19)18-20-16-10-6-5-9-15(16)17(23)21-18/h2-10H,11-13H2,1H3,(H,20,21,23). The second kappa shape index (κ2) is 5.76. The van der Waals surface area contributed by atoms with E-state index < -0.39 is 5.60 Å². The Hall–Kier alpha value is -2.66. The highest BCUT2D eigenvalue weighted by atomic mass is 16.5. The molecule has 1 saturated heterocycles. The molecule has 5 heteroatoms. The van der Waals surface area contributed by atoms with Crippen LogP contribution in [0.5, 0.6) is 0 Å². The van der Waals surface area contributed by atoms with Crippen molar-refractivity contribution < 1.29 is 4.74 Å². The van der Waals surface area contributed by atoms with Gasteiger partial charge in [0.15, 0.2) is 0 Å².